The van der Waals surface area contributed by atoms with Crippen LogP contribution in [0.3, 0.4) is 0 Å². The highest BCUT2D eigenvalue weighted by molar-refractivity contribution is 9.11. The number of carbonyl (C=O) groups is 2. The Balaban J connectivity index is 2.05. The van der Waals surface area contributed by atoms with Crippen LogP contribution in [0.2, 0.25) is 0 Å². The van der Waals surface area contributed by atoms with Gasteiger partial charge in [-0.1, -0.05) is 0 Å². The summed E-state index contributed by atoms with van der Waals surface area (Å²) < 4.78 is 6.50. The lowest BCUT2D eigenvalue weighted by Crippen LogP contribution is -2.32. The van der Waals surface area contributed by atoms with Crippen molar-refractivity contribution in [2.24, 2.45) is 0 Å². The molecule has 1 N–H and O–H groups in total. The first kappa shape index (κ1) is 15.3. The Hall–Kier alpha value is -1.08. The maximum atomic E-state index is 11.9. The molecule has 1 heterocycles. The number of hydrogen-bond acceptors (Lipinski definition) is 3. The van der Waals surface area contributed by atoms with Gasteiger partial charge in [0, 0.05) is 13.1 Å². The lowest BCUT2D eigenvalue weighted by molar-refractivity contribution is -0.132. The summed E-state index contributed by atoms with van der Waals surface area (Å²) in [6, 6.07) is 2.89. The van der Waals surface area contributed by atoms with Gasteiger partial charge in [0.25, 0.3) is 5.91 Å². The molecule has 5 nitrogen and oxygen atoms in total. The molecule has 1 aliphatic rings. The van der Waals surface area contributed by atoms with E-state index in [9.17, 15) is 9.59 Å². The number of aromatic carboxylic acids is 1. The van der Waals surface area contributed by atoms with Crippen LogP contribution in [-0.2, 0) is 4.79 Å². The second-order valence-corrected chi connectivity index (χ2v) is 6.16. The first-order chi connectivity index (χ1) is 9.49. The van der Waals surface area contributed by atoms with E-state index in [0.717, 1.165) is 25.9 Å². The number of likely N-dealkylation sites (tertiary alicyclic amines) is 1. The molecular formula is C13H13Br2NO4. The summed E-state index contributed by atoms with van der Waals surface area (Å²) in [5.74, 6) is -0.641. The summed E-state index contributed by atoms with van der Waals surface area (Å²) >= 11 is 6.51. The SMILES string of the molecule is O=C(O)c1cc(Br)c(OCC(=O)N2CCCC2)c(Br)c1. The molecule has 1 aliphatic heterocycles. The van der Waals surface area contributed by atoms with Gasteiger partial charge < -0.3 is 14.7 Å². The van der Waals surface area contributed by atoms with Crippen molar-refractivity contribution >= 4 is 43.7 Å². The standard InChI is InChI=1S/C13H13Br2NO4/c14-9-5-8(13(18)19)6-10(15)12(9)20-7-11(17)16-3-1-2-4-16/h5-6H,1-4,7H2,(H,18,19). The smallest absolute Gasteiger partial charge is 0.335 e. The second kappa shape index (κ2) is 6.58. The minimum atomic E-state index is -1.02. The van der Waals surface area contributed by atoms with Crippen LogP contribution in [0.15, 0.2) is 21.1 Å². The van der Waals surface area contributed by atoms with Crippen LogP contribution in [0.1, 0.15) is 23.2 Å². The molecule has 1 aromatic carbocycles. The molecule has 1 fully saturated rings. The maximum absolute atomic E-state index is 11.9. The molecular weight excluding hydrogens is 394 g/mol. The molecule has 1 amide bonds. The van der Waals surface area contributed by atoms with Crippen LogP contribution >= 0.6 is 31.9 Å². The van der Waals surface area contributed by atoms with Gasteiger partial charge in [0.2, 0.25) is 0 Å². The Morgan fingerprint density at radius 2 is 1.75 bits per heavy atom. The molecule has 20 heavy (non-hydrogen) atoms. The predicted molar refractivity (Wildman–Crippen MR) is 80.1 cm³/mol. The minimum absolute atomic E-state index is 0.0520. The van der Waals surface area contributed by atoms with Crippen LogP contribution in [0, 0.1) is 0 Å². The van der Waals surface area contributed by atoms with Crippen molar-refractivity contribution in [2.75, 3.05) is 19.7 Å². The van der Waals surface area contributed by atoms with Crippen molar-refractivity contribution in [1.82, 2.24) is 4.90 Å². The van der Waals surface area contributed by atoms with E-state index >= 15 is 0 Å². The van der Waals surface area contributed by atoms with Crippen molar-refractivity contribution in [3.8, 4) is 5.75 Å². The number of carbonyl (C=O) groups excluding carboxylic acids is 1. The first-order valence-corrected chi connectivity index (χ1v) is 7.70. The number of rotatable bonds is 4. The topological polar surface area (TPSA) is 66.8 Å². The van der Waals surface area contributed by atoms with Crippen molar-refractivity contribution in [1.29, 1.82) is 0 Å². The van der Waals surface area contributed by atoms with Gasteiger partial charge in [0.1, 0.15) is 5.75 Å². The number of ether oxygens (including phenoxy) is 1. The van der Waals surface area contributed by atoms with E-state index in [1.54, 1.807) is 4.90 Å². The Bertz CT molecular complexity index is 518. The van der Waals surface area contributed by atoms with Crippen LogP contribution in [-0.4, -0.2) is 41.6 Å². The van der Waals surface area contributed by atoms with E-state index < -0.39 is 5.97 Å². The van der Waals surface area contributed by atoms with E-state index in [-0.39, 0.29) is 18.1 Å². The lowest BCUT2D eigenvalue weighted by atomic mass is 10.2. The lowest BCUT2D eigenvalue weighted by Gasteiger charge is -2.16. The molecule has 0 aliphatic carbocycles. The zero-order valence-corrected chi connectivity index (χ0v) is 13.7. The van der Waals surface area contributed by atoms with Crippen LogP contribution in [0.5, 0.6) is 5.75 Å². The highest BCUT2D eigenvalue weighted by Crippen LogP contribution is 2.34. The summed E-state index contributed by atoms with van der Waals surface area (Å²) in [5.41, 5.74) is 0.141. The largest absolute Gasteiger partial charge is 0.481 e. The van der Waals surface area contributed by atoms with E-state index in [2.05, 4.69) is 31.9 Å². The molecule has 0 radical (unpaired) electrons. The molecule has 7 heteroatoms. The number of benzene rings is 1. The summed E-state index contributed by atoms with van der Waals surface area (Å²) in [5, 5.41) is 8.94. The van der Waals surface area contributed by atoms with Gasteiger partial charge >= 0.3 is 5.97 Å². The summed E-state index contributed by atoms with van der Waals surface area (Å²) in [7, 11) is 0. The van der Waals surface area contributed by atoms with Crippen LogP contribution in [0.25, 0.3) is 0 Å². The third-order valence-corrected chi connectivity index (χ3v) is 4.22. The van der Waals surface area contributed by atoms with Crippen LogP contribution < -0.4 is 4.74 Å². The first-order valence-electron chi connectivity index (χ1n) is 6.12. The number of amides is 1. The highest BCUT2D eigenvalue weighted by Gasteiger charge is 2.19. The van der Waals surface area contributed by atoms with E-state index in [0.29, 0.717) is 14.7 Å². The molecule has 1 aromatic rings. The minimum Gasteiger partial charge on any atom is -0.481 e. The molecule has 0 spiro atoms. The molecule has 108 valence electrons. The van der Waals surface area contributed by atoms with Crippen molar-refractivity contribution in [2.45, 2.75) is 12.8 Å². The maximum Gasteiger partial charge on any atom is 0.335 e. The molecule has 1 saturated heterocycles. The van der Waals surface area contributed by atoms with Gasteiger partial charge in [-0.25, -0.2) is 4.79 Å². The van der Waals surface area contributed by atoms with Gasteiger partial charge in [-0.2, -0.15) is 0 Å². The second-order valence-electron chi connectivity index (χ2n) is 4.45. The zero-order valence-electron chi connectivity index (χ0n) is 10.6. The number of halogens is 2. The number of hydrogen-bond donors (Lipinski definition) is 1. The van der Waals surface area contributed by atoms with Gasteiger partial charge in [0.15, 0.2) is 6.61 Å². The number of carboxylic acids is 1. The molecule has 2 rings (SSSR count). The molecule has 0 atom stereocenters. The van der Waals surface area contributed by atoms with Gasteiger partial charge in [-0.3, -0.25) is 4.79 Å². The molecule has 0 unspecified atom stereocenters. The summed E-state index contributed by atoms with van der Waals surface area (Å²) in [6.45, 7) is 1.51. The Morgan fingerprint density at radius 1 is 1.20 bits per heavy atom. The monoisotopic (exact) mass is 405 g/mol. The molecule has 0 bridgehead atoms. The highest BCUT2D eigenvalue weighted by atomic mass is 79.9. The summed E-state index contributed by atoms with van der Waals surface area (Å²) in [4.78, 5) is 24.6. The third-order valence-electron chi connectivity index (χ3n) is 3.04. The third kappa shape index (κ3) is 3.52. The molecule has 0 saturated carbocycles. The van der Waals surface area contributed by atoms with Gasteiger partial charge in [-0.05, 0) is 56.8 Å². The van der Waals surface area contributed by atoms with Crippen molar-refractivity contribution < 1.29 is 19.4 Å². The zero-order chi connectivity index (χ0) is 14.7. The average molecular weight is 407 g/mol. The fourth-order valence-corrected chi connectivity index (χ4v) is 3.43. The Labute approximate surface area is 133 Å². The Kier molecular flexibility index (Phi) is 5.04. The summed E-state index contributed by atoms with van der Waals surface area (Å²) in [6.07, 6.45) is 2.07. The normalized spacial score (nSPS) is 14.4. The van der Waals surface area contributed by atoms with Gasteiger partial charge in [-0.15, -0.1) is 0 Å². The molecule has 0 aromatic heterocycles. The van der Waals surface area contributed by atoms with E-state index in [1.807, 2.05) is 0 Å². The van der Waals surface area contributed by atoms with Crippen LogP contribution in [0.4, 0.5) is 0 Å². The van der Waals surface area contributed by atoms with Crippen molar-refractivity contribution in [3.05, 3.63) is 26.6 Å². The van der Waals surface area contributed by atoms with E-state index in [4.69, 9.17) is 9.84 Å². The quantitative estimate of drug-likeness (QED) is 0.834. The van der Waals surface area contributed by atoms with E-state index in [1.165, 1.54) is 12.1 Å². The predicted octanol–water partition coefficient (Wildman–Crippen LogP) is 2.91. The number of nitrogens with zero attached hydrogens (tertiary/aromatic N) is 1. The average Bonchev–Trinajstić information content (AvgIpc) is 2.91. The Morgan fingerprint density at radius 3 is 2.25 bits per heavy atom. The van der Waals surface area contributed by atoms with Gasteiger partial charge in [0.05, 0.1) is 14.5 Å². The fraction of sp³-hybridized carbons (Fsp3) is 0.385. The number of carboxylic acid groups (broad SMARTS) is 1. The fourth-order valence-electron chi connectivity index (χ4n) is 2.01. The van der Waals surface area contributed by atoms with Crippen molar-refractivity contribution in [3.63, 3.8) is 0 Å².